The summed E-state index contributed by atoms with van der Waals surface area (Å²) in [7, 11) is 0. The van der Waals surface area contributed by atoms with Gasteiger partial charge in [-0.3, -0.25) is 0 Å². The zero-order chi connectivity index (χ0) is 7.40. The lowest BCUT2D eigenvalue weighted by Gasteiger charge is -2.29. The number of hydrogen-bond acceptors (Lipinski definition) is 2. The molecule has 0 aromatic carbocycles. The van der Waals surface area contributed by atoms with Gasteiger partial charge < -0.3 is 5.11 Å². The maximum Gasteiger partial charge on any atom is 0.0624 e. The van der Waals surface area contributed by atoms with Gasteiger partial charge in [0, 0.05) is 4.91 Å². The van der Waals surface area contributed by atoms with Crippen LogP contribution in [0.15, 0.2) is 5.11 Å². The van der Waals surface area contributed by atoms with Gasteiger partial charge in [-0.05, 0) is 24.3 Å². The summed E-state index contributed by atoms with van der Waals surface area (Å²) in [6.45, 7) is 0.237. The number of nitrogens with zero attached hydrogens (tertiary/aromatic N) is 3. The first-order valence-electron chi connectivity index (χ1n) is 3.53. The van der Waals surface area contributed by atoms with Gasteiger partial charge in [-0.1, -0.05) is 11.5 Å². The van der Waals surface area contributed by atoms with Gasteiger partial charge in [0.25, 0.3) is 0 Å². The number of rotatable bonds is 3. The lowest BCUT2D eigenvalue weighted by Crippen LogP contribution is -2.28. The molecule has 1 N–H and O–H groups in total. The Hall–Kier alpha value is -0.730. The molecule has 0 aliphatic heterocycles. The Labute approximate surface area is 59.5 Å². The summed E-state index contributed by atoms with van der Waals surface area (Å²) in [5.41, 5.74) is 7.93. The minimum absolute atomic E-state index is 0.237. The van der Waals surface area contributed by atoms with Crippen LogP contribution in [0.4, 0.5) is 0 Å². The third kappa shape index (κ3) is 1.62. The highest BCUT2D eigenvalue weighted by Gasteiger charge is 2.24. The monoisotopic (exact) mass is 141 g/mol. The van der Waals surface area contributed by atoms with E-state index in [1.54, 1.807) is 0 Å². The fourth-order valence-electron chi connectivity index (χ4n) is 1.09. The minimum Gasteiger partial charge on any atom is -0.393 e. The normalized spacial score (nSPS) is 20.9. The second kappa shape index (κ2) is 3.44. The molecule has 0 radical (unpaired) electrons. The molecule has 0 saturated heterocycles. The molecular weight excluding hydrogens is 130 g/mol. The Balaban J connectivity index is 2.19. The molecule has 1 saturated carbocycles. The molecule has 0 heterocycles. The van der Waals surface area contributed by atoms with E-state index in [4.69, 9.17) is 5.53 Å². The van der Waals surface area contributed by atoms with Crippen molar-refractivity contribution in [2.75, 3.05) is 6.54 Å². The van der Waals surface area contributed by atoms with E-state index in [0.717, 1.165) is 12.8 Å². The van der Waals surface area contributed by atoms with Crippen LogP contribution in [-0.4, -0.2) is 17.8 Å². The van der Waals surface area contributed by atoms with E-state index in [2.05, 4.69) is 10.0 Å². The average Bonchev–Trinajstić information content (AvgIpc) is 1.79. The minimum atomic E-state index is -0.398. The van der Waals surface area contributed by atoms with Crippen molar-refractivity contribution in [1.29, 1.82) is 0 Å². The van der Waals surface area contributed by atoms with E-state index in [9.17, 15) is 5.11 Å². The van der Waals surface area contributed by atoms with Crippen LogP contribution in [0.25, 0.3) is 10.4 Å². The number of aliphatic hydroxyl groups is 1. The average molecular weight is 141 g/mol. The number of azide groups is 1. The summed E-state index contributed by atoms with van der Waals surface area (Å²) in [4.78, 5) is 2.58. The quantitative estimate of drug-likeness (QED) is 0.361. The Kier molecular flexibility index (Phi) is 2.54. The molecule has 1 aliphatic carbocycles. The lowest BCUT2D eigenvalue weighted by atomic mass is 9.81. The largest absolute Gasteiger partial charge is 0.393 e. The molecule has 4 heteroatoms. The molecule has 0 unspecified atom stereocenters. The molecule has 0 bridgehead atoms. The van der Waals surface area contributed by atoms with Crippen molar-refractivity contribution < 1.29 is 5.11 Å². The zero-order valence-electron chi connectivity index (χ0n) is 5.77. The first-order valence-corrected chi connectivity index (χ1v) is 3.53. The summed E-state index contributed by atoms with van der Waals surface area (Å²) >= 11 is 0. The second-order valence-electron chi connectivity index (χ2n) is 2.67. The van der Waals surface area contributed by atoms with Crippen molar-refractivity contribution in [2.45, 2.75) is 25.4 Å². The van der Waals surface area contributed by atoms with Crippen molar-refractivity contribution in [3.05, 3.63) is 10.4 Å². The van der Waals surface area contributed by atoms with E-state index in [0.29, 0.717) is 5.92 Å². The number of aliphatic hydroxyl groups excluding tert-OH is 1. The van der Waals surface area contributed by atoms with E-state index in [-0.39, 0.29) is 6.54 Å². The SMILES string of the molecule is [N-]=[N+]=NC[C@@H](O)C1CCC1. The third-order valence-electron chi connectivity index (χ3n) is 2.03. The van der Waals surface area contributed by atoms with Gasteiger partial charge in [-0.25, -0.2) is 0 Å². The summed E-state index contributed by atoms with van der Waals surface area (Å²) in [6, 6.07) is 0. The zero-order valence-corrected chi connectivity index (χ0v) is 5.77. The molecule has 0 aromatic heterocycles. The maximum atomic E-state index is 9.24. The Bertz CT molecular complexity index is 149. The van der Waals surface area contributed by atoms with Crippen LogP contribution in [0, 0.1) is 5.92 Å². The van der Waals surface area contributed by atoms with Crippen LogP contribution in [0.2, 0.25) is 0 Å². The summed E-state index contributed by atoms with van der Waals surface area (Å²) in [5, 5.41) is 12.5. The van der Waals surface area contributed by atoms with Gasteiger partial charge in [0.15, 0.2) is 0 Å². The standard InChI is InChI=1S/C6H11N3O/c7-9-8-4-6(10)5-2-1-3-5/h5-6,10H,1-4H2/t6-/m1/s1. The van der Waals surface area contributed by atoms with Crippen molar-refractivity contribution in [1.82, 2.24) is 0 Å². The molecule has 4 nitrogen and oxygen atoms in total. The summed E-state index contributed by atoms with van der Waals surface area (Å²) < 4.78 is 0. The van der Waals surface area contributed by atoms with Gasteiger partial charge in [-0.2, -0.15) is 0 Å². The molecule has 1 rings (SSSR count). The van der Waals surface area contributed by atoms with Crippen LogP contribution in [-0.2, 0) is 0 Å². The highest BCUT2D eigenvalue weighted by Crippen LogP contribution is 2.29. The molecule has 1 fully saturated rings. The molecule has 56 valence electrons. The van der Waals surface area contributed by atoms with E-state index in [1.807, 2.05) is 0 Å². The fourth-order valence-corrected chi connectivity index (χ4v) is 1.09. The highest BCUT2D eigenvalue weighted by atomic mass is 16.3. The summed E-state index contributed by atoms with van der Waals surface area (Å²) in [5.74, 6) is 0.394. The molecule has 0 aromatic rings. The van der Waals surface area contributed by atoms with Crippen molar-refractivity contribution in [2.24, 2.45) is 11.0 Å². The molecule has 1 atom stereocenters. The van der Waals surface area contributed by atoms with Crippen LogP contribution >= 0.6 is 0 Å². The second-order valence-corrected chi connectivity index (χ2v) is 2.67. The Morgan fingerprint density at radius 2 is 2.40 bits per heavy atom. The van der Waals surface area contributed by atoms with Gasteiger partial charge >= 0.3 is 0 Å². The Morgan fingerprint density at radius 3 is 2.80 bits per heavy atom. The van der Waals surface area contributed by atoms with E-state index < -0.39 is 6.10 Å². The van der Waals surface area contributed by atoms with Crippen LogP contribution in [0.3, 0.4) is 0 Å². The van der Waals surface area contributed by atoms with Crippen molar-refractivity contribution in [3.8, 4) is 0 Å². The lowest BCUT2D eigenvalue weighted by molar-refractivity contribution is 0.0697. The predicted molar refractivity (Wildman–Crippen MR) is 37.4 cm³/mol. The molecule has 0 amide bonds. The van der Waals surface area contributed by atoms with Crippen LogP contribution in [0.5, 0.6) is 0 Å². The maximum absolute atomic E-state index is 9.24. The first kappa shape index (κ1) is 7.38. The van der Waals surface area contributed by atoms with Crippen molar-refractivity contribution >= 4 is 0 Å². The van der Waals surface area contributed by atoms with Gasteiger partial charge in [0.05, 0.1) is 12.6 Å². The highest BCUT2D eigenvalue weighted by molar-refractivity contribution is 4.78. The van der Waals surface area contributed by atoms with Gasteiger partial charge in [0.1, 0.15) is 0 Å². The van der Waals surface area contributed by atoms with Crippen LogP contribution in [0.1, 0.15) is 19.3 Å². The molecular formula is C6H11N3O. The van der Waals surface area contributed by atoms with Gasteiger partial charge in [0.2, 0.25) is 0 Å². The Morgan fingerprint density at radius 1 is 1.70 bits per heavy atom. The molecule has 10 heavy (non-hydrogen) atoms. The van der Waals surface area contributed by atoms with Crippen molar-refractivity contribution in [3.63, 3.8) is 0 Å². The fraction of sp³-hybridized carbons (Fsp3) is 1.00. The van der Waals surface area contributed by atoms with E-state index in [1.165, 1.54) is 6.42 Å². The third-order valence-corrected chi connectivity index (χ3v) is 2.03. The molecule has 1 aliphatic rings. The predicted octanol–water partition coefficient (Wildman–Crippen LogP) is 1.46. The summed E-state index contributed by atoms with van der Waals surface area (Å²) in [6.07, 6.45) is 2.98. The van der Waals surface area contributed by atoms with Gasteiger partial charge in [-0.15, -0.1) is 0 Å². The smallest absolute Gasteiger partial charge is 0.0624 e. The number of hydrogen-bond donors (Lipinski definition) is 1. The molecule has 0 spiro atoms. The van der Waals surface area contributed by atoms with E-state index >= 15 is 0 Å². The topological polar surface area (TPSA) is 69.0 Å². The first-order chi connectivity index (χ1) is 4.84. The van der Waals surface area contributed by atoms with Crippen LogP contribution < -0.4 is 0 Å².